The summed E-state index contributed by atoms with van der Waals surface area (Å²) in [6.45, 7) is 8.32. The van der Waals surface area contributed by atoms with Crippen LogP contribution in [0.15, 0.2) is 12.4 Å². The smallest absolute Gasteiger partial charge is 0.204 e. The van der Waals surface area contributed by atoms with Gasteiger partial charge in [-0.3, -0.25) is 4.79 Å². The first-order valence-electron chi connectivity index (χ1n) is 4.36. The van der Waals surface area contributed by atoms with Gasteiger partial charge in [-0.2, -0.15) is 0 Å². The maximum Gasteiger partial charge on any atom is 0.204 e. The molecule has 1 aromatic heterocycles. The van der Waals surface area contributed by atoms with Crippen LogP contribution in [-0.2, 0) is 10.2 Å². The minimum atomic E-state index is 0.0632. The predicted octanol–water partition coefficient (Wildman–Crippen LogP) is 1.18. The lowest BCUT2D eigenvalue weighted by Crippen LogP contribution is -2.15. The van der Waals surface area contributed by atoms with Crippen molar-refractivity contribution in [1.82, 2.24) is 9.97 Å². The Morgan fingerprint density at radius 1 is 1.29 bits per heavy atom. The van der Waals surface area contributed by atoms with E-state index in [-0.39, 0.29) is 11.8 Å². The van der Waals surface area contributed by atoms with Gasteiger partial charge in [0.2, 0.25) is 6.41 Å². The molecule has 0 bridgehead atoms. The number of aryl methyl sites for hydroxylation is 1. The number of aromatic nitrogens is 2. The van der Waals surface area contributed by atoms with Crippen molar-refractivity contribution in [2.45, 2.75) is 33.1 Å². The van der Waals surface area contributed by atoms with Crippen LogP contribution in [0.4, 0.5) is 0 Å². The molecule has 0 radical (unpaired) electrons. The number of nitrogens with zero attached hydrogens (tertiary/aromatic N) is 2. The number of carbonyl (C=O) groups is 1. The number of nitrogens with two attached hydrogens (primary N) is 1. The summed E-state index contributed by atoms with van der Waals surface area (Å²) in [6.07, 6.45) is 3.96. The molecule has 0 aromatic carbocycles. The third-order valence-corrected chi connectivity index (χ3v) is 1.45. The highest BCUT2D eigenvalue weighted by Crippen LogP contribution is 2.16. The molecule has 0 spiro atoms. The fourth-order valence-electron chi connectivity index (χ4n) is 0.780. The zero-order valence-electron chi connectivity index (χ0n) is 9.11. The Labute approximate surface area is 84.6 Å². The lowest BCUT2D eigenvalue weighted by molar-refractivity contribution is -0.106. The Morgan fingerprint density at radius 3 is 1.93 bits per heavy atom. The molecule has 78 valence electrons. The number of hydrogen-bond acceptors (Lipinski definition) is 3. The molecule has 1 heterocycles. The predicted molar refractivity (Wildman–Crippen MR) is 55.7 cm³/mol. The molecule has 0 aliphatic carbocycles. The molecule has 0 aliphatic rings. The lowest BCUT2D eigenvalue weighted by atomic mass is 9.96. The minimum absolute atomic E-state index is 0.0632. The first-order chi connectivity index (χ1) is 6.41. The van der Waals surface area contributed by atoms with E-state index in [1.807, 2.05) is 19.3 Å². The fourth-order valence-corrected chi connectivity index (χ4v) is 0.780. The molecule has 4 nitrogen and oxygen atoms in total. The van der Waals surface area contributed by atoms with Crippen molar-refractivity contribution in [1.29, 1.82) is 0 Å². The van der Waals surface area contributed by atoms with Crippen LogP contribution in [0.5, 0.6) is 0 Å². The molecule has 1 rings (SSSR count). The summed E-state index contributed by atoms with van der Waals surface area (Å²) in [6, 6.07) is 0. The Balaban J connectivity index is 0.000000500. The highest BCUT2D eigenvalue weighted by Gasteiger charge is 2.15. The summed E-state index contributed by atoms with van der Waals surface area (Å²) in [7, 11) is 0. The largest absolute Gasteiger partial charge is 0.372 e. The molecule has 2 N–H and O–H groups in total. The van der Waals surface area contributed by atoms with Gasteiger partial charge in [0.1, 0.15) is 5.82 Å². The topological polar surface area (TPSA) is 68.9 Å². The Morgan fingerprint density at radius 2 is 1.64 bits per heavy atom. The van der Waals surface area contributed by atoms with Crippen LogP contribution in [0.1, 0.15) is 32.2 Å². The number of carbonyl (C=O) groups excluding carboxylic acids is 1. The normalized spacial score (nSPS) is 10.0. The van der Waals surface area contributed by atoms with Crippen molar-refractivity contribution < 1.29 is 4.79 Å². The van der Waals surface area contributed by atoms with Crippen molar-refractivity contribution in [3.63, 3.8) is 0 Å². The quantitative estimate of drug-likeness (QED) is 0.632. The second kappa shape index (κ2) is 5.32. The van der Waals surface area contributed by atoms with Crippen molar-refractivity contribution >= 4 is 6.41 Å². The monoisotopic (exact) mass is 195 g/mol. The van der Waals surface area contributed by atoms with E-state index < -0.39 is 0 Å². The highest BCUT2D eigenvalue weighted by atomic mass is 16.1. The second-order valence-electron chi connectivity index (χ2n) is 3.97. The minimum Gasteiger partial charge on any atom is -0.372 e. The molecule has 4 heteroatoms. The van der Waals surface area contributed by atoms with Crippen molar-refractivity contribution in [2.24, 2.45) is 5.73 Å². The van der Waals surface area contributed by atoms with Crippen LogP contribution in [0.25, 0.3) is 0 Å². The summed E-state index contributed by atoms with van der Waals surface area (Å²) in [5, 5.41) is 0. The van der Waals surface area contributed by atoms with E-state index in [0.717, 1.165) is 11.4 Å². The van der Waals surface area contributed by atoms with E-state index in [0.29, 0.717) is 0 Å². The van der Waals surface area contributed by atoms with Gasteiger partial charge >= 0.3 is 0 Å². The van der Waals surface area contributed by atoms with Crippen LogP contribution < -0.4 is 5.73 Å². The highest BCUT2D eigenvalue weighted by molar-refractivity contribution is 5.42. The van der Waals surface area contributed by atoms with E-state index in [4.69, 9.17) is 4.79 Å². The van der Waals surface area contributed by atoms with Crippen LogP contribution in [0, 0.1) is 6.92 Å². The van der Waals surface area contributed by atoms with Gasteiger partial charge in [0.15, 0.2) is 0 Å². The van der Waals surface area contributed by atoms with Crippen molar-refractivity contribution in [3.8, 4) is 0 Å². The fraction of sp³-hybridized carbons (Fsp3) is 0.500. The molecule has 1 aromatic rings. The number of hydrogen-bond donors (Lipinski definition) is 1. The van der Waals surface area contributed by atoms with Gasteiger partial charge < -0.3 is 5.73 Å². The summed E-state index contributed by atoms with van der Waals surface area (Å²) < 4.78 is 0. The van der Waals surface area contributed by atoms with Gasteiger partial charge in [-0.05, 0) is 12.5 Å². The van der Waals surface area contributed by atoms with Gasteiger partial charge in [0.25, 0.3) is 0 Å². The zero-order chi connectivity index (χ0) is 11.2. The SMILES string of the molecule is Cc1cnc(C(C)(C)C)nc1.NC=O. The average Bonchev–Trinajstić information content (AvgIpc) is 2.04. The van der Waals surface area contributed by atoms with Gasteiger partial charge in [0.05, 0.1) is 0 Å². The average molecular weight is 195 g/mol. The third-order valence-electron chi connectivity index (χ3n) is 1.45. The molecule has 0 aliphatic heterocycles. The van der Waals surface area contributed by atoms with Gasteiger partial charge in [-0.15, -0.1) is 0 Å². The number of rotatable bonds is 0. The first kappa shape index (κ1) is 12.6. The molecular formula is C10H17N3O. The van der Waals surface area contributed by atoms with E-state index in [1.54, 1.807) is 0 Å². The maximum absolute atomic E-state index is 8.58. The maximum atomic E-state index is 8.58. The summed E-state index contributed by atoms with van der Waals surface area (Å²) in [4.78, 5) is 17.1. The van der Waals surface area contributed by atoms with Gasteiger partial charge in [0, 0.05) is 17.8 Å². The van der Waals surface area contributed by atoms with Crippen LogP contribution in [0.2, 0.25) is 0 Å². The number of amides is 1. The lowest BCUT2D eigenvalue weighted by Gasteiger charge is -2.15. The summed E-state index contributed by atoms with van der Waals surface area (Å²) in [5.41, 5.74) is 5.34. The molecule has 14 heavy (non-hydrogen) atoms. The van der Waals surface area contributed by atoms with Crippen LogP contribution in [-0.4, -0.2) is 16.4 Å². The van der Waals surface area contributed by atoms with Crippen LogP contribution in [0.3, 0.4) is 0 Å². The second-order valence-corrected chi connectivity index (χ2v) is 3.97. The summed E-state index contributed by atoms with van der Waals surface area (Å²) in [5.74, 6) is 0.906. The first-order valence-corrected chi connectivity index (χ1v) is 4.36. The molecule has 0 atom stereocenters. The van der Waals surface area contributed by atoms with E-state index in [9.17, 15) is 0 Å². The molecule has 1 amide bonds. The number of primary amides is 1. The molecule has 0 unspecified atom stereocenters. The molecule has 0 saturated carbocycles. The summed E-state index contributed by atoms with van der Waals surface area (Å²) >= 11 is 0. The van der Waals surface area contributed by atoms with Crippen molar-refractivity contribution in [3.05, 3.63) is 23.8 Å². The van der Waals surface area contributed by atoms with Crippen LogP contribution >= 0.6 is 0 Å². The Kier molecular flexibility index (Phi) is 4.77. The van der Waals surface area contributed by atoms with E-state index in [1.165, 1.54) is 0 Å². The van der Waals surface area contributed by atoms with E-state index >= 15 is 0 Å². The molecule has 0 fully saturated rings. The third kappa shape index (κ3) is 4.54. The standard InChI is InChI=1S/C9H14N2.CH3NO/c1-7-5-10-8(11-6-7)9(2,3)4;2-1-3/h5-6H,1-4H3;1H,(H2,2,3). The Bertz CT molecular complexity index is 274. The molecular weight excluding hydrogens is 178 g/mol. The van der Waals surface area contributed by atoms with Gasteiger partial charge in [-0.25, -0.2) is 9.97 Å². The molecule has 0 saturated heterocycles. The van der Waals surface area contributed by atoms with Crippen molar-refractivity contribution in [2.75, 3.05) is 0 Å². The van der Waals surface area contributed by atoms with E-state index in [2.05, 4.69) is 36.5 Å². The Hall–Kier alpha value is -1.45. The van der Waals surface area contributed by atoms with Gasteiger partial charge in [-0.1, -0.05) is 20.8 Å². The zero-order valence-corrected chi connectivity index (χ0v) is 9.11.